The predicted molar refractivity (Wildman–Crippen MR) is 106 cm³/mol. The summed E-state index contributed by atoms with van der Waals surface area (Å²) in [5, 5.41) is 2.47. The summed E-state index contributed by atoms with van der Waals surface area (Å²) in [6, 6.07) is 2.98. The van der Waals surface area contributed by atoms with Crippen molar-refractivity contribution in [2.24, 2.45) is 12.5 Å². The number of ketones is 2. The monoisotopic (exact) mass is 400 g/mol. The highest BCUT2D eigenvalue weighted by Crippen LogP contribution is 2.26. The Morgan fingerprint density at radius 1 is 1.17 bits per heavy atom. The quantitative estimate of drug-likeness (QED) is 0.453. The van der Waals surface area contributed by atoms with Crippen LogP contribution in [0.2, 0.25) is 0 Å². The molecular weight excluding hydrogens is 378 g/mol. The van der Waals surface area contributed by atoms with E-state index >= 15 is 0 Å². The number of terminal acetylenes is 1. The van der Waals surface area contributed by atoms with Gasteiger partial charge in [-0.1, -0.05) is 0 Å². The van der Waals surface area contributed by atoms with Crippen molar-refractivity contribution in [3.63, 3.8) is 0 Å². The molecular formula is C22H22F2N2O3. The van der Waals surface area contributed by atoms with Gasteiger partial charge in [-0.2, -0.15) is 0 Å². The topological polar surface area (TPSA) is 68.2 Å². The van der Waals surface area contributed by atoms with Crippen LogP contribution in [0.25, 0.3) is 0 Å². The van der Waals surface area contributed by atoms with Gasteiger partial charge in [-0.15, -0.1) is 12.3 Å². The van der Waals surface area contributed by atoms with Crippen LogP contribution in [-0.4, -0.2) is 22.0 Å². The molecule has 1 aromatic heterocycles. The zero-order valence-electron chi connectivity index (χ0n) is 16.9. The van der Waals surface area contributed by atoms with E-state index in [9.17, 15) is 23.2 Å². The van der Waals surface area contributed by atoms with E-state index < -0.39 is 34.5 Å². The summed E-state index contributed by atoms with van der Waals surface area (Å²) in [6.45, 7) is 6.54. The average Bonchev–Trinajstić information content (AvgIpc) is 2.86. The lowest BCUT2D eigenvalue weighted by molar-refractivity contribution is -0.116. The number of rotatable bonds is 6. The van der Waals surface area contributed by atoms with Crippen molar-refractivity contribution in [3.05, 3.63) is 52.3 Å². The summed E-state index contributed by atoms with van der Waals surface area (Å²) in [7, 11) is 1.58. The number of nitrogens with one attached hydrogen (secondary N) is 1. The third-order valence-corrected chi connectivity index (χ3v) is 4.80. The molecule has 29 heavy (non-hydrogen) atoms. The Kier molecular flexibility index (Phi) is 6.07. The van der Waals surface area contributed by atoms with Gasteiger partial charge in [-0.3, -0.25) is 14.4 Å². The molecule has 0 saturated carbocycles. The second kappa shape index (κ2) is 8.00. The number of hydrogen-bond acceptors (Lipinski definition) is 3. The third kappa shape index (κ3) is 4.43. The minimum Gasteiger partial charge on any atom is -0.343 e. The summed E-state index contributed by atoms with van der Waals surface area (Å²) in [4.78, 5) is 37.9. The minimum atomic E-state index is -1.10. The fourth-order valence-corrected chi connectivity index (χ4v) is 3.07. The highest BCUT2D eigenvalue weighted by atomic mass is 19.2. The largest absolute Gasteiger partial charge is 0.343 e. The smallest absolute Gasteiger partial charge is 0.272 e. The molecule has 1 amide bonds. The van der Waals surface area contributed by atoms with E-state index in [1.807, 2.05) is 0 Å². The molecule has 152 valence electrons. The van der Waals surface area contributed by atoms with Gasteiger partial charge in [0.1, 0.15) is 5.69 Å². The van der Waals surface area contributed by atoms with Gasteiger partial charge in [0.15, 0.2) is 11.6 Å². The van der Waals surface area contributed by atoms with Crippen molar-refractivity contribution in [1.82, 2.24) is 4.57 Å². The Labute approximate surface area is 168 Å². The minimum absolute atomic E-state index is 0.0619. The van der Waals surface area contributed by atoms with Crippen molar-refractivity contribution < 1.29 is 23.2 Å². The van der Waals surface area contributed by atoms with E-state index in [1.54, 1.807) is 34.7 Å². The van der Waals surface area contributed by atoms with Crippen molar-refractivity contribution >= 4 is 23.2 Å². The number of carbonyl (C=O) groups excluding carboxylic acids is 3. The maximum Gasteiger partial charge on any atom is 0.272 e. The van der Waals surface area contributed by atoms with Gasteiger partial charge >= 0.3 is 0 Å². The third-order valence-electron chi connectivity index (χ3n) is 4.80. The number of benzene rings is 1. The number of amides is 1. The summed E-state index contributed by atoms with van der Waals surface area (Å²) < 4.78 is 28.0. The molecule has 1 aromatic carbocycles. The van der Waals surface area contributed by atoms with Crippen LogP contribution in [0.4, 0.5) is 14.5 Å². The van der Waals surface area contributed by atoms with E-state index in [1.165, 1.54) is 10.6 Å². The molecule has 0 aliphatic rings. The first kappa shape index (κ1) is 22.0. The van der Waals surface area contributed by atoms with Crippen LogP contribution in [0.15, 0.2) is 18.2 Å². The first-order chi connectivity index (χ1) is 13.4. The second-order valence-corrected chi connectivity index (χ2v) is 7.53. The Morgan fingerprint density at radius 2 is 1.79 bits per heavy atom. The summed E-state index contributed by atoms with van der Waals surface area (Å²) in [6.07, 6.45) is 5.28. The zero-order chi connectivity index (χ0) is 22.1. The first-order valence-electron chi connectivity index (χ1n) is 8.87. The van der Waals surface area contributed by atoms with Gasteiger partial charge in [-0.05, 0) is 45.4 Å². The summed E-state index contributed by atoms with van der Waals surface area (Å²) >= 11 is 0. The Morgan fingerprint density at radius 3 is 2.34 bits per heavy atom. The normalized spacial score (nSPS) is 11.1. The molecule has 0 fully saturated rings. The van der Waals surface area contributed by atoms with Crippen molar-refractivity contribution in [2.45, 2.75) is 34.1 Å². The maximum absolute atomic E-state index is 13.4. The van der Waals surface area contributed by atoms with Crippen molar-refractivity contribution in [3.8, 4) is 12.3 Å². The number of Topliss-reactive ketones (excluding diaryl/α,β-unsaturated/α-hetero) is 2. The summed E-state index contributed by atoms with van der Waals surface area (Å²) in [5.41, 5.74) is 0.333. The molecule has 0 atom stereocenters. The highest BCUT2D eigenvalue weighted by Gasteiger charge is 2.31. The van der Waals surface area contributed by atoms with Crippen LogP contribution in [0.3, 0.4) is 0 Å². The van der Waals surface area contributed by atoms with Gasteiger partial charge in [0.2, 0.25) is 11.6 Å². The standard InChI is InChI=1S/C22H22F2N2O3/c1-7-22(4,5)11-17(27)20(28)18-12(2)19(26(6)13(18)3)21(29)25-14-8-9-15(23)16(24)10-14/h1,8-10H,11H2,2-6H3,(H,25,29). The molecule has 2 aromatic rings. The van der Waals surface area contributed by atoms with Crippen molar-refractivity contribution in [1.29, 1.82) is 0 Å². The molecule has 0 radical (unpaired) electrons. The summed E-state index contributed by atoms with van der Waals surface area (Å²) in [5.74, 6) is -1.62. The number of anilines is 1. The lowest BCUT2D eigenvalue weighted by Crippen LogP contribution is -2.23. The Bertz CT molecular complexity index is 1060. The number of nitrogens with zero attached hydrogens (tertiary/aromatic N) is 1. The average molecular weight is 400 g/mol. The van der Waals surface area contributed by atoms with Gasteiger partial charge < -0.3 is 9.88 Å². The molecule has 1 N–H and O–H groups in total. The Balaban J connectivity index is 2.38. The van der Waals surface area contributed by atoms with E-state index in [2.05, 4.69) is 11.2 Å². The number of hydrogen-bond donors (Lipinski definition) is 1. The number of aromatic nitrogens is 1. The molecule has 0 spiro atoms. The van der Waals surface area contributed by atoms with Crippen LogP contribution < -0.4 is 5.32 Å². The SMILES string of the molecule is C#CC(C)(C)CC(=O)C(=O)c1c(C)c(C(=O)Nc2ccc(F)c(F)c2)n(C)c1C. The molecule has 5 nitrogen and oxygen atoms in total. The van der Waals surface area contributed by atoms with Crippen molar-refractivity contribution in [2.75, 3.05) is 5.32 Å². The second-order valence-electron chi connectivity index (χ2n) is 7.53. The number of halogens is 2. The molecule has 0 bridgehead atoms. The van der Waals surface area contributed by atoms with E-state index in [0.29, 0.717) is 11.3 Å². The van der Waals surface area contributed by atoms with Crippen LogP contribution in [0.1, 0.15) is 52.4 Å². The van der Waals surface area contributed by atoms with Crippen LogP contribution in [0.5, 0.6) is 0 Å². The first-order valence-corrected chi connectivity index (χ1v) is 8.87. The van der Waals surface area contributed by atoms with E-state index in [-0.39, 0.29) is 23.4 Å². The highest BCUT2D eigenvalue weighted by molar-refractivity contribution is 6.44. The Hall–Kier alpha value is -3.27. The molecule has 1 heterocycles. The van der Waals surface area contributed by atoms with Crippen LogP contribution >= 0.6 is 0 Å². The van der Waals surface area contributed by atoms with Gasteiger partial charge in [0, 0.05) is 36.3 Å². The fourth-order valence-electron chi connectivity index (χ4n) is 3.07. The molecule has 2 rings (SSSR count). The molecule has 0 aliphatic heterocycles. The van der Waals surface area contributed by atoms with E-state index in [4.69, 9.17) is 6.42 Å². The van der Waals surface area contributed by atoms with Crippen LogP contribution in [0, 0.1) is 43.2 Å². The van der Waals surface area contributed by atoms with E-state index in [0.717, 1.165) is 12.1 Å². The predicted octanol–water partition coefficient (Wildman–Crippen LogP) is 3.97. The van der Waals surface area contributed by atoms with Gasteiger partial charge in [0.25, 0.3) is 5.91 Å². The lowest BCUT2D eigenvalue weighted by Gasteiger charge is -2.15. The molecule has 0 saturated heterocycles. The molecule has 7 heteroatoms. The molecule has 0 unspecified atom stereocenters. The zero-order valence-corrected chi connectivity index (χ0v) is 16.9. The lowest BCUT2D eigenvalue weighted by atomic mass is 9.86. The van der Waals surface area contributed by atoms with Gasteiger partial charge in [-0.25, -0.2) is 8.78 Å². The maximum atomic E-state index is 13.4. The molecule has 0 aliphatic carbocycles. The van der Waals surface area contributed by atoms with Gasteiger partial charge in [0.05, 0.1) is 5.56 Å². The number of carbonyl (C=O) groups is 3. The fraction of sp³-hybridized carbons (Fsp3) is 0.318. The van der Waals surface area contributed by atoms with Crippen LogP contribution in [-0.2, 0) is 11.8 Å².